The van der Waals surface area contributed by atoms with Gasteiger partial charge in [-0.15, -0.1) is 0 Å². The zero-order valence-corrected chi connectivity index (χ0v) is 10.6. The van der Waals surface area contributed by atoms with E-state index in [9.17, 15) is 0 Å². The molecule has 92 valence electrons. The summed E-state index contributed by atoms with van der Waals surface area (Å²) in [6.07, 6.45) is 6.26. The summed E-state index contributed by atoms with van der Waals surface area (Å²) in [6, 6.07) is 0.403. The van der Waals surface area contributed by atoms with Crippen molar-refractivity contribution < 1.29 is 4.74 Å². The van der Waals surface area contributed by atoms with E-state index in [0.717, 1.165) is 32.5 Å². The highest BCUT2D eigenvalue weighted by Gasteiger charge is 2.11. The van der Waals surface area contributed by atoms with E-state index in [0.29, 0.717) is 6.04 Å². The number of aromatic nitrogens is 2. The van der Waals surface area contributed by atoms with Gasteiger partial charge in [0.2, 0.25) is 0 Å². The maximum atomic E-state index is 5.08. The molecule has 0 spiro atoms. The fourth-order valence-corrected chi connectivity index (χ4v) is 1.80. The van der Waals surface area contributed by atoms with Gasteiger partial charge < -0.3 is 10.1 Å². The second kappa shape index (κ2) is 7.41. The molecule has 0 saturated heterocycles. The van der Waals surface area contributed by atoms with Crippen molar-refractivity contribution in [2.45, 2.75) is 39.3 Å². The number of hydrogen-bond donors (Lipinski definition) is 1. The van der Waals surface area contributed by atoms with Crippen LogP contribution in [0.3, 0.4) is 0 Å². The van der Waals surface area contributed by atoms with Crippen LogP contribution in [-0.4, -0.2) is 30.0 Å². The van der Waals surface area contributed by atoms with Crippen LogP contribution in [0.4, 0.5) is 0 Å². The van der Waals surface area contributed by atoms with Gasteiger partial charge >= 0.3 is 0 Å². The molecule has 1 aromatic heterocycles. The molecule has 4 heteroatoms. The van der Waals surface area contributed by atoms with Crippen molar-refractivity contribution in [2.75, 3.05) is 20.3 Å². The van der Waals surface area contributed by atoms with Crippen molar-refractivity contribution in [1.82, 2.24) is 15.1 Å². The van der Waals surface area contributed by atoms with E-state index >= 15 is 0 Å². The number of nitrogens with one attached hydrogen (secondary N) is 1. The van der Waals surface area contributed by atoms with Crippen LogP contribution in [0, 0.1) is 0 Å². The number of rotatable bonds is 8. The Kier molecular flexibility index (Phi) is 6.11. The average molecular weight is 225 g/mol. The van der Waals surface area contributed by atoms with Crippen LogP contribution in [0.2, 0.25) is 0 Å². The maximum Gasteiger partial charge on any atom is 0.0537 e. The molecule has 0 aliphatic heterocycles. The molecule has 0 aromatic carbocycles. The normalized spacial score (nSPS) is 12.9. The summed E-state index contributed by atoms with van der Waals surface area (Å²) in [5.41, 5.74) is 1.28. The van der Waals surface area contributed by atoms with Gasteiger partial charge in [0.05, 0.1) is 6.20 Å². The highest BCUT2D eigenvalue weighted by atomic mass is 16.5. The third kappa shape index (κ3) is 3.94. The molecule has 0 radical (unpaired) electrons. The molecule has 1 N–H and O–H groups in total. The fourth-order valence-electron chi connectivity index (χ4n) is 1.80. The quantitative estimate of drug-likeness (QED) is 0.688. The molecule has 4 nitrogen and oxygen atoms in total. The van der Waals surface area contributed by atoms with Gasteiger partial charge in [0, 0.05) is 38.1 Å². The standard InChI is InChI=1S/C12H23N3O/c1-4-13-12(7-6-8-16-3)11-9-14-15(5-2)10-11/h9-10,12-13H,4-8H2,1-3H3. The second-order valence-electron chi connectivity index (χ2n) is 3.87. The van der Waals surface area contributed by atoms with Gasteiger partial charge in [-0.25, -0.2) is 0 Å². The van der Waals surface area contributed by atoms with Gasteiger partial charge in [0.25, 0.3) is 0 Å². The average Bonchev–Trinajstić information content (AvgIpc) is 2.76. The molecule has 0 aliphatic rings. The van der Waals surface area contributed by atoms with Crippen molar-refractivity contribution in [3.63, 3.8) is 0 Å². The summed E-state index contributed by atoms with van der Waals surface area (Å²) in [5, 5.41) is 7.80. The summed E-state index contributed by atoms with van der Waals surface area (Å²) >= 11 is 0. The van der Waals surface area contributed by atoms with Crippen molar-refractivity contribution in [3.05, 3.63) is 18.0 Å². The van der Waals surface area contributed by atoms with Crippen LogP contribution in [0.15, 0.2) is 12.4 Å². The Labute approximate surface area is 98.0 Å². The van der Waals surface area contributed by atoms with Crippen molar-refractivity contribution >= 4 is 0 Å². The molecule has 1 heterocycles. The number of nitrogens with zero attached hydrogens (tertiary/aromatic N) is 2. The first-order valence-electron chi connectivity index (χ1n) is 6.06. The lowest BCUT2D eigenvalue weighted by atomic mass is 10.1. The molecule has 1 rings (SSSR count). The Morgan fingerprint density at radius 3 is 2.88 bits per heavy atom. The smallest absolute Gasteiger partial charge is 0.0537 e. The van der Waals surface area contributed by atoms with E-state index in [4.69, 9.17) is 4.74 Å². The van der Waals surface area contributed by atoms with Crippen LogP contribution in [0.1, 0.15) is 38.3 Å². The number of methoxy groups -OCH3 is 1. The van der Waals surface area contributed by atoms with Crippen LogP contribution in [-0.2, 0) is 11.3 Å². The summed E-state index contributed by atoms with van der Waals surface area (Å²) in [5.74, 6) is 0. The molecular formula is C12H23N3O. The zero-order valence-electron chi connectivity index (χ0n) is 10.6. The minimum Gasteiger partial charge on any atom is -0.385 e. The molecular weight excluding hydrogens is 202 g/mol. The molecule has 0 amide bonds. The Bertz CT molecular complexity index is 286. The van der Waals surface area contributed by atoms with Gasteiger partial charge in [-0.05, 0) is 26.3 Å². The lowest BCUT2D eigenvalue weighted by Crippen LogP contribution is -2.20. The summed E-state index contributed by atoms with van der Waals surface area (Å²) in [6.45, 7) is 6.97. The van der Waals surface area contributed by atoms with Crippen LogP contribution >= 0.6 is 0 Å². The first-order valence-corrected chi connectivity index (χ1v) is 6.06. The van der Waals surface area contributed by atoms with E-state index in [2.05, 4.69) is 30.5 Å². The third-order valence-electron chi connectivity index (χ3n) is 2.67. The van der Waals surface area contributed by atoms with Gasteiger partial charge in [-0.2, -0.15) is 5.10 Å². The maximum absolute atomic E-state index is 5.08. The Morgan fingerprint density at radius 1 is 1.50 bits per heavy atom. The lowest BCUT2D eigenvalue weighted by molar-refractivity contribution is 0.189. The molecule has 0 bridgehead atoms. The largest absolute Gasteiger partial charge is 0.385 e. The van der Waals surface area contributed by atoms with Gasteiger partial charge in [0.15, 0.2) is 0 Å². The van der Waals surface area contributed by atoms with E-state index in [1.165, 1.54) is 5.56 Å². The SMILES string of the molecule is CCNC(CCCOC)c1cnn(CC)c1. The van der Waals surface area contributed by atoms with Gasteiger partial charge in [0.1, 0.15) is 0 Å². The molecule has 1 aromatic rings. The monoisotopic (exact) mass is 225 g/mol. The topological polar surface area (TPSA) is 39.1 Å². The first-order chi connectivity index (χ1) is 7.81. The highest BCUT2D eigenvalue weighted by Crippen LogP contribution is 2.17. The summed E-state index contributed by atoms with van der Waals surface area (Å²) in [7, 11) is 1.75. The lowest BCUT2D eigenvalue weighted by Gasteiger charge is -2.15. The number of hydrogen-bond acceptors (Lipinski definition) is 3. The number of ether oxygens (including phenoxy) is 1. The highest BCUT2D eigenvalue weighted by molar-refractivity contribution is 5.10. The van der Waals surface area contributed by atoms with E-state index in [1.807, 2.05) is 10.9 Å². The zero-order chi connectivity index (χ0) is 11.8. The van der Waals surface area contributed by atoms with Crippen LogP contribution in [0.5, 0.6) is 0 Å². The minimum absolute atomic E-state index is 0.403. The first kappa shape index (κ1) is 13.2. The molecule has 16 heavy (non-hydrogen) atoms. The Morgan fingerprint density at radius 2 is 2.31 bits per heavy atom. The number of aryl methyl sites for hydroxylation is 1. The van der Waals surface area contributed by atoms with Crippen LogP contribution < -0.4 is 5.32 Å². The van der Waals surface area contributed by atoms with Crippen LogP contribution in [0.25, 0.3) is 0 Å². The molecule has 0 saturated carbocycles. The Balaban J connectivity index is 2.54. The van der Waals surface area contributed by atoms with Crippen molar-refractivity contribution in [2.24, 2.45) is 0 Å². The van der Waals surface area contributed by atoms with Gasteiger partial charge in [-0.1, -0.05) is 6.92 Å². The second-order valence-corrected chi connectivity index (χ2v) is 3.87. The predicted octanol–water partition coefficient (Wildman–Crippen LogP) is 1.98. The van der Waals surface area contributed by atoms with Crippen molar-refractivity contribution in [1.29, 1.82) is 0 Å². The summed E-state index contributed by atoms with van der Waals surface area (Å²) in [4.78, 5) is 0. The molecule has 1 atom stereocenters. The van der Waals surface area contributed by atoms with Crippen molar-refractivity contribution in [3.8, 4) is 0 Å². The van der Waals surface area contributed by atoms with E-state index < -0.39 is 0 Å². The van der Waals surface area contributed by atoms with E-state index in [1.54, 1.807) is 7.11 Å². The minimum atomic E-state index is 0.403. The van der Waals surface area contributed by atoms with E-state index in [-0.39, 0.29) is 0 Å². The van der Waals surface area contributed by atoms with Gasteiger partial charge in [-0.3, -0.25) is 4.68 Å². The third-order valence-corrected chi connectivity index (χ3v) is 2.67. The Hall–Kier alpha value is -0.870. The molecule has 0 aliphatic carbocycles. The fraction of sp³-hybridized carbons (Fsp3) is 0.750. The summed E-state index contributed by atoms with van der Waals surface area (Å²) < 4.78 is 7.05. The molecule has 1 unspecified atom stereocenters. The molecule has 0 fully saturated rings. The predicted molar refractivity (Wildman–Crippen MR) is 65.4 cm³/mol.